The minimum atomic E-state index is -6.00. The SMILES string of the molecule is F[B-](F)(F)F.Fc1c(F)c(F)c(-n2c[n+]3c(n2)CO[C@@H]2Cc4ccccc4C23)c(F)c1F. The first kappa shape index (κ1) is 22.2. The molecular weight excluding hydrogens is 456 g/mol. The predicted octanol–water partition coefficient (Wildman–Crippen LogP) is 4.20. The van der Waals surface area contributed by atoms with E-state index in [1.54, 1.807) is 4.57 Å². The summed E-state index contributed by atoms with van der Waals surface area (Å²) in [7, 11) is -6.00. The van der Waals surface area contributed by atoms with E-state index in [1.807, 2.05) is 24.3 Å². The summed E-state index contributed by atoms with van der Waals surface area (Å²) in [5.74, 6) is -9.76. The van der Waals surface area contributed by atoms with Gasteiger partial charge in [0.15, 0.2) is 0 Å². The summed E-state index contributed by atoms with van der Waals surface area (Å²) < 4.78 is 116. The van der Waals surface area contributed by atoms with E-state index in [2.05, 4.69) is 5.10 Å². The smallest absolute Gasteiger partial charge is 0.418 e. The highest BCUT2D eigenvalue weighted by molar-refractivity contribution is 6.50. The van der Waals surface area contributed by atoms with Crippen LogP contribution in [0.5, 0.6) is 0 Å². The molecule has 0 radical (unpaired) electrons. The van der Waals surface area contributed by atoms with Gasteiger partial charge in [0.25, 0.3) is 0 Å². The van der Waals surface area contributed by atoms with Crippen LogP contribution < -0.4 is 4.57 Å². The molecule has 5 rings (SSSR count). The maximum atomic E-state index is 14.1. The van der Waals surface area contributed by atoms with Gasteiger partial charge in [-0.3, -0.25) is 0 Å². The third kappa shape index (κ3) is 3.83. The largest absolute Gasteiger partial charge is 0.673 e. The third-order valence-electron chi connectivity index (χ3n) is 5.04. The molecular formula is C18H11BF9N3O. The molecule has 170 valence electrons. The first-order valence-electron chi connectivity index (χ1n) is 9.05. The average Bonchev–Trinajstić information content (AvgIpc) is 3.30. The highest BCUT2D eigenvalue weighted by Crippen LogP contribution is 2.36. The second kappa shape index (κ2) is 7.83. The van der Waals surface area contributed by atoms with Gasteiger partial charge in [-0.05, 0) is 11.1 Å². The van der Waals surface area contributed by atoms with E-state index in [4.69, 9.17) is 4.74 Å². The first-order valence-corrected chi connectivity index (χ1v) is 9.05. The standard InChI is InChI=1S/C18H11F5N3O.BF4/c19-12-13(20)15(22)18(16(23)14(12)21)26-7-25-11(24-26)6-27-10-5-8-3-1-2-4-9(8)17(10)25;2-1(3,4)5/h1-4,7,10,17H,5-6H2;/q+1;-1/t10-,17?;/m1./s1. The number of fused-ring (bicyclic) bond motifs is 5. The van der Waals surface area contributed by atoms with Crippen LogP contribution in [0.3, 0.4) is 0 Å². The van der Waals surface area contributed by atoms with Crippen molar-refractivity contribution in [3.63, 3.8) is 0 Å². The Hall–Kier alpha value is -3.03. The van der Waals surface area contributed by atoms with Crippen LogP contribution in [0, 0.1) is 29.1 Å². The number of benzene rings is 2. The normalized spacial score (nSPS) is 19.0. The molecule has 2 heterocycles. The molecule has 0 bridgehead atoms. The monoisotopic (exact) mass is 467 g/mol. The Morgan fingerprint density at radius 3 is 2.09 bits per heavy atom. The van der Waals surface area contributed by atoms with Gasteiger partial charge in [-0.2, -0.15) is 8.78 Å². The maximum Gasteiger partial charge on any atom is 0.673 e. The number of aromatic nitrogens is 3. The molecule has 1 unspecified atom stereocenters. The molecule has 0 amide bonds. The number of rotatable bonds is 1. The fourth-order valence-electron chi connectivity index (χ4n) is 3.82. The molecule has 1 aliphatic heterocycles. The Balaban J connectivity index is 0.000000444. The number of ether oxygens (including phenoxy) is 1. The molecule has 0 N–H and O–H groups in total. The summed E-state index contributed by atoms with van der Waals surface area (Å²) in [5.41, 5.74) is 0.943. The summed E-state index contributed by atoms with van der Waals surface area (Å²) in [5, 5.41) is 4.01. The van der Waals surface area contributed by atoms with E-state index >= 15 is 0 Å². The van der Waals surface area contributed by atoms with Crippen molar-refractivity contribution in [1.29, 1.82) is 0 Å². The molecule has 2 aromatic carbocycles. The maximum absolute atomic E-state index is 14.1. The molecule has 0 saturated carbocycles. The van der Waals surface area contributed by atoms with Gasteiger partial charge in [-0.1, -0.05) is 28.9 Å². The molecule has 14 heteroatoms. The number of hydrogen-bond acceptors (Lipinski definition) is 2. The van der Waals surface area contributed by atoms with Crippen molar-refractivity contribution >= 4 is 7.25 Å². The second-order valence-electron chi connectivity index (χ2n) is 6.99. The number of halogens is 9. The summed E-state index contributed by atoms with van der Waals surface area (Å²) in [6.07, 6.45) is 1.73. The molecule has 3 aromatic rings. The quantitative estimate of drug-likeness (QED) is 0.177. The molecule has 2 atom stereocenters. The first-order chi connectivity index (χ1) is 15.0. The lowest BCUT2D eigenvalue weighted by Crippen LogP contribution is -2.51. The summed E-state index contributed by atoms with van der Waals surface area (Å²) >= 11 is 0. The number of nitrogens with zero attached hydrogens (tertiary/aromatic N) is 3. The van der Waals surface area contributed by atoms with E-state index in [-0.39, 0.29) is 18.8 Å². The average molecular weight is 467 g/mol. The van der Waals surface area contributed by atoms with Crippen molar-refractivity contribution < 1.29 is 48.5 Å². The third-order valence-corrected chi connectivity index (χ3v) is 5.04. The lowest BCUT2D eigenvalue weighted by Gasteiger charge is -2.23. The van der Waals surface area contributed by atoms with Gasteiger partial charge < -0.3 is 22.0 Å². The van der Waals surface area contributed by atoms with Crippen molar-refractivity contribution in [2.75, 3.05) is 0 Å². The summed E-state index contributed by atoms with van der Waals surface area (Å²) in [4.78, 5) is 0. The second-order valence-corrected chi connectivity index (χ2v) is 6.99. The number of hydrogen-bond donors (Lipinski definition) is 0. The summed E-state index contributed by atoms with van der Waals surface area (Å²) in [6, 6.07) is 7.37. The minimum absolute atomic E-state index is 0.0670. The Morgan fingerprint density at radius 2 is 1.47 bits per heavy atom. The molecule has 0 saturated heterocycles. The molecule has 2 aliphatic rings. The lowest BCUT2D eigenvalue weighted by molar-refractivity contribution is -0.739. The molecule has 1 aliphatic carbocycles. The van der Waals surface area contributed by atoms with Gasteiger partial charge in [-0.25, -0.2) is 17.7 Å². The van der Waals surface area contributed by atoms with Gasteiger partial charge in [-0.15, -0.1) is 0 Å². The van der Waals surface area contributed by atoms with E-state index in [0.29, 0.717) is 16.9 Å². The van der Waals surface area contributed by atoms with Crippen molar-refractivity contribution in [2.45, 2.75) is 25.2 Å². The van der Waals surface area contributed by atoms with Crippen molar-refractivity contribution in [3.8, 4) is 5.69 Å². The van der Waals surface area contributed by atoms with E-state index in [9.17, 15) is 39.2 Å². The van der Waals surface area contributed by atoms with Crippen LogP contribution in [0.15, 0.2) is 30.6 Å². The molecule has 32 heavy (non-hydrogen) atoms. The van der Waals surface area contributed by atoms with Crippen LogP contribution in [0.1, 0.15) is 23.0 Å². The molecule has 0 spiro atoms. The van der Waals surface area contributed by atoms with Crippen LogP contribution in [0.4, 0.5) is 39.2 Å². The van der Waals surface area contributed by atoms with E-state index in [1.165, 1.54) is 6.33 Å². The van der Waals surface area contributed by atoms with Crippen LogP contribution >= 0.6 is 0 Å². The fraction of sp³-hybridized carbons (Fsp3) is 0.222. The molecule has 0 fully saturated rings. The molecule has 4 nitrogen and oxygen atoms in total. The molecule has 1 aromatic heterocycles. The Labute approximate surface area is 173 Å². The van der Waals surface area contributed by atoms with Gasteiger partial charge in [0.1, 0.15) is 18.8 Å². The van der Waals surface area contributed by atoms with Crippen LogP contribution in [-0.4, -0.2) is 23.1 Å². The van der Waals surface area contributed by atoms with Crippen LogP contribution in [0.25, 0.3) is 5.69 Å². The Morgan fingerprint density at radius 1 is 0.906 bits per heavy atom. The van der Waals surface area contributed by atoms with Gasteiger partial charge in [0.2, 0.25) is 41.1 Å². The highest BCUT2D eigenvalue weighted by Gasteiger charge is 2.44. The predicted molar refractivity (Wildman–Crippen MR) is 90.6 cm³/mol. The topological polar surface area (TPSA) is 30.9 Å². The Bertz CT molecular complexity index is 1160. The van der Waals surface area contributed by atoms with Gasteiger partial charge in [0, 0.05) is 11.5 Å². The zero-order valence-electron chi connectivity index (χ0n) is 15.7. The van der Waals surface area contributed by atoms with E-state index in [0.717, 1.165) is 11.1 Å². The zero-order chi connectivity index (χ0) is 23.4. The Kier molecular flexibility index (Phi) is 5.43. The van der Waals surface area contributed by atoms with Crippen LogP contribution in [0.2, 0.25) is 0 Å². The van der Waals surface area contributed by atoms with Crippen molar-refractivity contribution in [1.82, 2.24) is 9.78 Å². The van der Waals surface area contributed by atoms with Crippen LogP contribution in [-0.2, 0) is 17.8 Å². The van der Waals surface area contributed by atoms with Gasteiger partial charge >= 0.3 is 13.1 Å². The summed E-state index contributed by atoms with van der Waals surface area (Å²) in [6.45, 7) is 0.0670. The lowest BCUT2D eigenvalue weighted by atomic mass is 10.1. The highest BCUT2D eigenvalue weighted by atomic mass is 19.5. The zero-order valence-corrected chi connectivity index (χ0v) is 15.7. The van der Waals surface area contributed by atoms with Crippen molar-refractivity contribution in [3.05, 3.63) is 76.6 Å². The minimum Gasteiger partial charge on any atom is -0.418 e. The fourth-order valence-corrected chi connectivity index (χ4v) is 3.82. The van der Waals surface area contributed by atoms with Crippen molar-refractivity contribution in [2.24, 2.45) is 0 Å². The van der Waals surface area contributed by atoms with Gasteiger partial charge in [0.05, 0.1) is 0 Å². The van der Waals surface area contributed by atoms with E-state index < -0.39 is 42.0 Å².